The van der Waals surface area contributed by atoms with E-state index in [1.807, 2.05) is 39.1 Å². The minimum absolute atomic E-state index is 0.164. The third-order valence-corrected chi connectivity index (χ3v) is 6.45. The van der Waals surface area contributed by atoms with E-state index in [4.69, 9.17) is 4.74 Å². The zero-order chi connectivity index (χ0) is 21.5. The first-order chi connectivity index (χ1) is 14.2. The summed E-state index contributed by atoms with van der Waals surface area (Å²) < 4.78 is 6.18. The molecule has 4 heterocycles. The van der Waals surface area contributed by atoms with Crippen molar-refractivity contribution >= 4 is 17.0 Å². The van der Waals surface area contributed by atoms with E-state index in [-0.39, 0.29) is 23.8 Å². The molecule has 5 heteroatoms. The molecule has 0 radical (unpaired) electrons. The average Bonchev–Trinajstić information content (AvgIpc) is 2.70. The minimum Gasteiger partial charge on any atom is -0.440 e. The third-order valence-electron chi connectivity index (χ3n) is 6.45. The number of ether oxygens (including phenoxy) is 1. The van der Waals surface area contributed by atoms with E-state index in [1.54, 1.807) is 0 Å². The summed E-state index contributed by atoms with van der Waals surface area (Å²) in [6, 6.07) is 8.45. The average molecular weight is 408 g/mol. The highest BCUT2D eigenvalue weighted by molar-refractivity contribution is 5.83. The van der Waals surface area contributed by atoms with Crippen molar-refractivity contribution in [3.05, 3.63) is 54.2 Å². The van der Waals surface area contributed by atoms with Crippen LogP contribution in [0.2, 0.25) is 0 Å². The Morgan fingerprint density at radius 2 is 2.17 bits per heavy atom. The van der Waals surface area contributed by atoms with E-state index in [2.05, 4.69) is 46.9 Å². The summed E-state index contributed by atoms with van der Waals surface area (Å²) in [6.45, 7) is 14.1. The van der Waals surface area contributed by atoms with Crippen LogP contribution in [0.1, 0.15) is 50.8 Å². The van der Waals surface area contributed by atoms with Gasteiger partial charge >= 0.3 is 6.09 Å². The zero-order valence-electron chi connectivity index (χ0n) is 18.5. The normalized spacial score (nSPS) is 26.9. The molecule has 5 atom stereocenters. The molecule has 2 aromatic rings. The van der Waals surface area contributed by atoms with Crippen molar-refractivity contribution in [2.75, 3.05) is 13.1 Å². The Balaban J connectivity index is 1.73. The van der Waals surface area contributed by atoms with Crippen LogP contribution in [-0.4, -0.2) is 40.6 Å². The first kappa shape index (κ1) is 20.9. The second-order valence-corrected chi connectivity index (χ2v) is 9.87. The molecule has 5 rings (SSSR count). The van der Waals surface area contributed by atoms with Crippen molar-refractivity contribution in [2.24, 2.45) is 11.8 Å². The van der Waals surface area contributed by atoms with Crippen LogP contribution < -0.4 is 5.32 Å². The lowest BCUT2D eigenvalue weighted by molar-refractivity contribution is -0.0506. The Morgan fingerprint density at radius 1 is 1.37 bits per heavy atom. The summed E-state index contributed by atoms with van der Waals surface area (Å²) in [6.07, 6.45) is 5.42. The van der Waals surface area contributed by atoms with Crippen molar-refractivity contribution in [1.82, 2.24) is 15.2 Å². The van der Waals surface area contributed by atoms with Crippen LogP contribution in [0.3, 0.4) is 0 Å². The van der Waals surface area contributed by atoms with Crippen molar-refractivity contribution in [2.45, 2.75) is 58.2 Å². The molecule has 1 aromatic carbocycles. The van der Waals surface area contributed by atoms with Crippen LogP contribution >= 0.6 is 0 Å². The molecule has 3 aliphatic rings. The maximum Gasteiger partial charge on any atom is 0.408 e. The quantitative estimate of drug-likeness (QED) is 0.724. The maximum absolute atomic E-state index is 12.8. The number of hydrogen-bond acceptors (Lipinski definition) is 4. The number of piperidine rings is 3. The van der Waals surface area contributed by atoms with Gasteiger partial charge in [-0.05, 0) is 77.1 Å². The zero-order valence-corrected chi connectivity index (χ0v) is 18.5. The Kier molecular flexibility index (Phi) is 5.58. The molecular formula is C25H33N3O2. The lowest BCUT2D eigenvalue weighted by atomic mass is 9.73. The fraction of sp³-hybridized carbons (Fsp3) is 0.520. The van der Waals surface area contributed by atoms with Crippen LogP contribution in [0.4, 0.5) is 4.79 Å². The van der Waals surface area contributed by atoms with Gasteiger partial charge in [0, 0.05) is 29.2 Å². The first-order valence-corrected chi connectivity index (χ1v) is 11.0. The number of alkyl carbamates (subject to hydrolysis) is 1. The number of amides is 1. The van der Waals surface area contributed by atoms with Gasteiger partial charge in [0.1, 0.15) is 6.10 Å². The van der Waals surface area contributed by atoms with E-state index in [1.165, 1.54) is 12.0 Å². The van der Waals surface area contributed by atoms with E-state index in [9.17, 15) is 4.79 Å². The monoisotopic (exact) mass is 407 g/mol. The number of carbonyl (C=O) groups excluding carboxylic acids is 1. The highest BCUT2D eigenvalue weighted by Gasteiger charge is 2.44. The van der Waals surface area contributed by atoms with Crippen molar-refractivity contribution in [3.8, 4) is 0 Å². The van der Waals surface area contributed by atoms with Gasteiger partial charge in [-0.2, -0.15) is 0 Å². The molecular weight excluding hydrogens is 374 g/mol. The SMILES string of the molecule is C=CC1CN2CC[C@H]1C[C@H]2C(OC(=O)NC(C)(C)C)c1ccnc2ccc(C)cc12. The van der Waals surface area contributed by atoms with E-state index in [0.717, 1.165) is 36.0 Å². The molecule has 1 N–H and O–H groups in total. The number of carbonyl (C=O) groups is 1. The van der Waals surface area contributed by atoms with Gasteiger partial charge in [-0.15, -0.1) is 6.58 Å². The van der Waals surface area contributed by atoms with Gasteiger partial charge in [0.15, 0.2) is 0 Å². The Labute approximate surface area is 179 Å². The molecule has 3 unspecified atom stereocenters. The smallest absolute Gasteiger partial charge is 0.408 e. The molecule has 1 aromatic heterocycles. The van der Waals surface area contributed by atoms with Gasteiger partial charge in [0.25, 0.3) is 0 Å². The van der Waals surface area contributed by atoms with E-state index < -0.39 is 0 Å². The topological polar surface area (TPSA) is 54.5 Å². The fourth-order valence-corrected chi connectivity index (χ4v) is 5.02. The second-order valence-electron chi connectivity index (χ2n) is 9.87. The Morgan fingerprint density at radius 3 is 2.83 bits per heavy atom. The minimum atomic E-state index is -0.368. The third kappa shape index (κ3) is 4.22. The lowest BCUT2D eigenvalue weighted by Gasteiger charge is -2.51. The number of fused-ring (bicyclic) bond motifs is 4. The van der Waals surface area contributed by atoms with Crippen LogP contribution in [0.5, 0.6) is 0 Å². The van der Waals surface area contributed by atoms with Crippen LogP contribution in [0.15, 0.2) is 43.1 Å². The molecule has 0 spiro atoms. The largest absolute Gasteiger partial charge is 0.440 e. The Bertz CT molecular complexity index is 949. The fourth-order valence-electron chi connectivity index (χ4n) is 5.02. The van der Waals surface area contributed by atoms with Crippen LogP contribution in [-0.2, 0) is 4.74 Å². The second kappa shape index (κ2) is 8.03. The molecule has 1 amide bonds. The van der Waals surface area contributed by atoms with Crippen molar-refractivity contribution in [3.63, 3.8) is 0 Å². The molecule has 30 heavy (non-hydrogen) atoms. The van der Waals surface area contributed by atoms with Gasteiger partial charge in [0.2, 0.25) is 0 Å². The molecule has 3 aliphatic heterocycles. The van der Waals surface area contributed by atoms with Crippen molar-refractivity contribution in [1.29, 1.82) is 0 Å². The molecule has 2 bridgehead atoms. The van der Waals surface area contributed by atoms with E-state index >= 15 is 0 Å². The number of hydrogen-bond donors (Lipinski definition) is 1. The van der Waals surface area contributed by atoms with Gasteiger partial charge in [-0.3, -0.25) is 9.88 Å². The summed E-state index contributed by atoms with van der Waals surface area (Å²) in [5.74, 6) is 1.12. The number of aromatic nitrogens is 1. The number of nitrogens with zero attached hydrogens (tertiary/aromatic N) is 2. The Hall–Kier alpha value is -2.40. The molecule has 3 saturated heterocycles. The predicted octanol–water partition coefficient (Wildman–Crippen LogP) is 5.01. The molecule has 0 aliphatic carbocycles. The summed E-state index contributed by atoms with van der Waals surface area (Å²) >= 11 is 0. The number of pyridine rings is 1. The summed E-state index contributed by atoms with van der Waals surface area (Å²) in [4.78, 5) is 19.9. The summed E-state index contributed by atoms with van der Waals surface area (Å²) in [7, 11) is 0. The molecule has 3 fully saturated rings. The first-order valence-electron chi connectivity index (χ1n) is 11.0. The highest BCUT2D eigenvalue weighted by atomic mass is 16.6. The van der Waals surface area contributed by atoms with Gasteiger partial charge in [-0.25, -0.2) is 4.79 Å². The predicted molar refractivity (Wildman–Crippen MR) is 120 cm³/mol. The number of rotatable bonds is 4. The van der Waals surface area contributed by atoms with Crippen LogP contribution in [0.25, 0.3) is 10.9 Å². The van der Waals surface area contributed by atoms with E-state index in [0.29, 0.717) is 11.8 Å². The summed E-state index contributed by atoms with van der Waals surface area (Å²) in [5.41, 5.74) is 2.80. The molecule has 0 saturated carbocycles. The number of benzene rings is 1. The van der Waals surface area contributed by atoms with Gasteiger partial charge in [0.05, 0.1) is 11.6 Å². The number of aryl methyl sites for hydroxylation is 1. The molecule has 160 valence electrons. The number of nitrogens with one attached hydrogen (secondary N) is 1. The highest BCUT2D eigenvalue weighted by Crippen LogP contribution is 2.43. The van der Waals surface area contributed by atoms with Gasteiger partial charge in [-0.1, -0.05) is 17.7 Å². The summed E-state index contributed by atoms with van der Waals surface area (Å²) in [5, 5.41) is 4.03. The van der Waals surface area contributed by atoms with Crippen molar-refractivity contribution < 1.29 is 9.53 Å². The standard InChI is InChI=1S/C25H33N3O2/c1-6-17-15-28-12-10-18(17)14-22(28)23(30-24(29)27-25(3,4)5)19-9-11-26-21-8-7-16(2)13-20(19)21/h6-9,11,13,17-18,22-23H,1,10,12,14-15H2,2-5H3,(H,27,29)/t17?,18-,22-,23?/m0/s1. The maximum atomic E-state index is 12.8. The molecule has 5 nitrogen and oxygen atoms in total. The van der Waals surface area contributed by atoms with Crippen LogP contribution in [0, 0.1) is 18.8 Å². The lowest BCUT2D eigenvalue weighted by Crippen LogP contribution is -2.56. The van der Waals surface area contributed by atoms with Gasteiger partial charge < -0.3 is 10.1 Å².